The molecule has 0 heterocycles. The standard InChI is InChI=1S/C24H16Cl5F2N3O2/c25-13-5-12(6-14(26)7-13)20-21(24(20,28)29)23(36)33-16-3-4-18(27)17(9-16)22(35)34-32-10-11-1-2-15(30)8-19(11)31/h1-9,20-21,32H,10H2,(H,33,36)(H,34,35)/t20-,21+/m0/s1. The topological polar surface area (TPSA) is 70.2 Å². The normalized spacial score (nSPS) is 18.0. The lowest BCUT2D eigenvalue weighted by atomic mass is 10.1. The number of hydrogen-bond donors (Lipinski definition) is 3. The van der Waals surface area contributed by atoms with Gasteiger partial charge in [0, 0.05) is 39.8 Å². The van der Waals surface area contributed by atoms with Crippen molar-refractivity contribution in [1.29, 1.82) is 0 Å². The largest absolute Gasteiger partial charge is 0.326 e. The molecule has 2 amide bonds. The maximum atomic E-state index is 13.8. The Morgan fingerprint density at radius 1 is 0.917 bits per heavy atom. The highest BCUT2D eigenvalue weighted by molar-refractivity contribution is 6.53. The Balaban J connectivity index is 1.41. The molecule has 1 aliphatic rings. The first kappa shape index (κ1) is 26.9. The molecule has 1 aliphatic carbocycles. The van der Waals surface area contributed by atoms with Gasteiger partial charge >= 0.3 is 0 Å². The van der Waals surface area contributed by atoms with E-state index in [-0.39, 0.29) is 28.4 Å². The van der Waals surface area contributed by atoms with Crippen LogP contribution in [0.5, 0.6) is 0 Å². The molecule has 2 atom stereocenters. The summed E-state index contributed by atoms with van der Waals surface area (Å²) in [5.74, 6) is -3.91. The van der Waals surface area contributed by atoms with Crippen LogP contribution < -0.4 is 16.2 Å². The van der Waals surface area contributed by atoms with Gasteiger partial charge < -0.3 is 5.32 Å². The molecule has 36 heavy (non-hydrogen) atoms. The third kappa shape index (κ3) is 5.88. The van der Waals surface area contributed by atoms with Gasteiger partial charge in [-0.25, -0.2) is 14.2 Å². The van der Waals surface area contributed by atoms with Gasteiger partial charge in [-0.05, 0) is 48.0 Å². The summed E-state index contributed by atoms with van der Waals surface area (Å²) in [6, 6.07) is 12.2. The summed E-state index contributed by atoms with van der Waals surface area (Å²) in [4.78, 5) is 25.5. The van der Waals surface area contributed by atoms with Gasteiger partial charge in [-0.2, -0.15) is 0 Å². The predicted octanol–water partition coefficient (Wildman–Crippen LogP) is 6.89. The van der Waals surface area contributed by atoms with Gasteiger partial charge in [0.2, 0.25) is 5.91 Å². The number of amides is 2. The molecule has 5 nitrogen and oxygen atoms in total. The lowest BCUT2D eigenvalue weighted by molar-refractivity contribution is -0.117. The van der Waals surface area contributed by atoms with Crippen LogP contribution in [0.3, 0.4) is 0 Å². The molecule has 0 saturated heterocycles. The van der Waals surface area contributed by atoms with Gasteiger partial charge in [0.05, 0.1) is 16.5 Å². The van der Waals surface area contributed by atoms with E-state index in [1.165, 1.54) is 24.3 Å². The molecule has 3 aromatic rings. The number of benzene rings is 3. The maximum absolute atomic E-state index is 13.8. The lowest BCUT2D eigenvalue weighted by Crippen LogP contribution is -2.37. The summed E-state index contributed by atoms with van der Waals surface area (Å²) in [5, 5.41) is 3.57. The van der Waals surface area contributed by atoms with Gasteiger partial charge in [-0.1, -0.05) is 40.9 Å². The average molecular weight is 594 g/mol. The highest BCUT2D eigenvalue weighted by atomic mass is 35.5. The number of hydrogen-bond acceptors (Lipinski definition) is 3. The second kappa shape index (κ2) is 10.7. The SMILES string of the molecule is O=C(NNCc1ccc(F)cc1F)c1cc(NC(=O)[C@H]2[C@H](c3cc(Cl)cc(Cl)c3)C2(Cl)Cl)ccc1Cl. The summed E-state index contributed by atoms with van der Waals surface area (Å²) < 4.78 is 25.4. The van der Waals surface area contributed by atoms with Crippen LogP contribution in [0.4, 0.5) is 14.5 Å². The quantitative estimate of drug-likeness (QED) is 0.207. The Labute approximate surface area is 230 Å². The van der Waals surface area contributed by atoms with E-state index < -0.39 is 39.6 Å². The monoisotopic (exact) mass is 591 g/mol. The first-order valence-corrected chi connectivity index (χ1v) is 12.3. The van der Waals surface area contributed by atoms with Crippen LogP contribution in [0.2, 0.25) is 15.1 Å². The second-order valence-corrected chi connectivity index (χ2v) is 10.8. The summed E-state index contributed by atoms with van der Waals surface area (Å²) in [6.45, 7) is -0.101. The van der Waals surface area contributed by atoms with Crippen molar-refractivity contribution in [3.8, 4) is 0 Å². The Hall–Kier alpha value is -2.13. The average Bonchev–Trinajstić information content (AvgIpc) is 3.38. The number of rotatable bonds is 7. The molecule has 3 N–H and O–H groups in total. The van der Waals surface area contributed by atoms with E-state index in [4.69, 9.17) is 58.0 Å². The van der Waals surface area contributed by atoms with Crippen molar-refractivity contribution >= 4 is 75.5 Å². The zero-order valence-electron chi connectivity index (χ0n) is 18.0. The highest BCUT2D eigenvalue weighted by Gasteiger charge is 2.67. The predicted molar refractivity (Wildman–Crippen MR) is 138 cm³/mol. The van der Waals surface area contributed by atoms with Crippen molar-refractivity contribution in [2.75, 3.05) is 5.32 Å². The molecule has 0 bridgehead atoms. The molecular weight excluding hydrogens is 578 g/mol. The number of hydrazine groups is 1. The molecule has 3 aromatic carbocycles. The van der Waals surface area contributed by atoms with E-state index in [1.807, 2.05) is 0 Å². The summed E-state index contributed by atoms with van der Waals surface area (Å²) in [7, 11) is 0. The summed E-state index contributed by atoms with van der Waals surface area (Å²) in [5.41, 5.74) is 6.03. The molecule has 188 valence electrons. The number of alkyl halides is 2. The number of anilines is 1. The Bertz CT molecular complexity index is 1340. The minimum absolute atomic E-state index is 0.0403. The van der Waals surface area contributed by atoms with Crippen LogP contribution in [0, 0.1) is 17.6 Å². The third-order valence-corrected chi connectivity index (χ3v) is 7.26. The second-order valence-electron chi connectivity index (χ2n) is 8.06. The maximum Gasteiger partial charge on any atom is 0.266 e. The molecule has 0 unspecified atom stereocenters. The van der Waals surface area contributed by atoms with Crippen molar-refractivity contribution in [3.05, 3.63) is 98.0 Å². The number of carbonyl (C=O) groups excluding carboxylic acids is 2. The fraction of sp³-hybridized carbons (Fsp3) is 0.167. The van der Waals surface area contributed by atoms with E-state index in [0.717, 1.165) is 12.1 Å². The minimum atomic E-state index is -1.37. The van der Waals surface area contributed by atoms with Gasteiger partial charge in [0.25, 0.3) is 5.91 Å². The van der Waals surface area contributed by atoms with Crippen molar-refractivity contribution < 1.29 is 18.4 Å². The Kier molecular flexibility index (Phi) is 8.00. The van der Waals surface area contributed by atoms with Crippen LogP contribution in [-0.4, -0.2) is 16.1 Å². The van der Waals surface area contributed by atoms with Crippen LogP contribution in [-0.2, 0) is 11.3 Å². The van der Waals surface area contributed by atoms with E-state index in [1.54, 1.807) is 18.2 Å². The van der Waals surface area contributed by atoms with E-state index in [0.29, 0.717) is 15.6 Å². The van der Waals surface area contributed by atoms with E-state index >= 15 is 0 Å². The van der Waals surface area contributed by atoms with Gasteiger partial charge in [-0.15, -0.1) is 23.2 Å². The van der Waals surface area contributed by atoms with Crippen LogP contribution in [0.15, 0.2) is 54.6 Å². The van der Waals surface area contributed by atoms with E-state index in [9.17, 15) is 18.4 Å². The number of nitrogens with one attached hydrogen (secondary N) is 3. The molecule has 0 spiro atoms. The minimum Gasteiger partial charge on any atom is -0.326 e. The first-order chi connectivity index (χ1) is 17.0. The fourth-order valence-corrected chi connectivity index (χ4v) is 5.35. The van der Waals surface area contributed by atoms with Crippen molar-refractivity contribution in [2.24, 2.45) is 5.92 Å². The van der Waals surface area contributed by atoms with Gasteiger partial charge in [0.1, 0.15) is 16.0 Å². The molecule has 0 radical (unpaired) electrons. The van der Waals surface area contributed by atoms with Crippen molar-refractivity contribution in [1.82, 2.24) is 10.9 Å². The summed E-state index contributed by atoms with van der Waals surface area (Å²) >= 11 is 31.0. The highest BCUT2D eigenvalue weighted by Crippen LogP contribution is 2.65. The number of halogens is 7. The molecule has 1 fully saturated rings. The molecule has 12 heteroatoms. The molecule has 0 aliphatic heterocycles. The van der Waals surface area contributed by atoms with E-state index in [2.05, 4.69) is 16.2 Å². The fourth-order valence-electron chi connectivity index (χ4n) is 3.77. The Morgan fingerprint density at radius 3 is 2.28 bits per heavy atom. The molecular formula is C24H16Cl5F2N3O2. The van der Waals surface area contributed by atoms with Gasteiger partial charge in [-0.3, -0.25) is 15.0 Å². The van der Waals surface area contributed by atoms with Crippen molar-refractivity contribution in [2.45, 2.75) is 16.8 Å². The zero-order valence-corrected chi connectivity index (χ0v) is 21.8. The van der Waals surface area contributed by atoms with Crippen molar-refractivity contribution in [3.63, 3.8) is 0 Å². The van der Waals surface area contributed by atoms with Crippen LogP contribution in [0.1, 0.15) is 27.4 Å². The smallest absolute Gasteiger partial charge is 0.266 e. The lowest BCUT2D eigenvalue weighted by Gasteiger charge is -2.11. The molecule has 4 rings (SSSR count). The van der Waals surface area contributed by atoms with Gasteiger partial charge in [0.15, 0.2) is 0 Å². The zero-order chi connectivity index (χ0) is 26.2. The molecule has 1 saturated carbocycles. The summed E-state index contributed by atoms with van der Waals surface area (Å²) in [6.07, 6.45) is 0. The number of carbonyl (C=O) groups is 2. The van der Waals surface area contributed by atoms with Crippen LogP contribution >= 0.6 is 58.0 Å². The first-order valence-electron chi connectivity index (χ1n) is 10.4. The third-order valence-electron chi connectivity index (χ3n) is 5.55. The van der Waals surface area contributed by atoms with Crippen LogP contribution in [0.25, 0.3) is 0 Å². The molecule has 0 aromatic heterocycles. The Morgan fingerprint density at radius 2 is 1.61 bits per heavy atom.